The smallest absolute Gasteiger partial charge is 0.0696 e. The summed E-state index contributed by atoms with van der Waals surface area (Å²) < 4.78 is 1.11. The van der Waals surface area contributed by atoms with Gasteiger partial charge in [-0.2, -0.15) is 0 Å². The van der Waals surface area contributed by atoms with E-state index in [9.17, 15) is 5.11 Å². The zero-order chi connectivity index (χ0) is 13.0. The predicted molar refractivity (Wildman–Crippen MR) is 76.2 cm³/mol. The van der Waals surface area contributed by atoms with Gasteiger partial charge in [-0.15, -0.1) is 0 Å². The molecule has 0 heterocycles. The molecule has 0 fully saturated rings. The minimum atomic E-state index is -0.428. The number of aliphatic hydroxyl groups excluding tert-OH is 1. The highest BCUT2D eigenvalue weighted by Crippen LogP contribution is 2.29. The molecule has 0 aliphatic carbocycles. The molecule has 0 amide bonds. The van der Waals surface area contributed by atoms with E-state index < -0.39 is 6.10 Å². The van der Waals surface area contributed by atoms with Crippen molar-refractivity contribution in [3.63, 3.8) is 0 Å². The van der Waals surface area contributed by atoms with Crippen LogP contribution in [0, 0.1) is 6.92 Å². The lowest BCUT2D eigenvalue weighted by atomic mass is 9.91. The van der Waals surface area contributed by atoms with Crippen LogP contribution < -0.4 is 5.73 Å². The number of halogens is 1. The molecule has 0 bridgehead atoms. The highest BCUT2D eigenvalue weighted by molar-refractivity contribution is 9.10. The van der Waals surface area contributed by atoms with Crippen molar-refractivity contribution in [3.05, 3.63) is 33.8 Å². The fourth-order valence-electron chi connectivity index (χ4n) is 1.97. The van der Waals surface area contributed by atoms with Crippen molar-refractivity contribution in [1.82, 2.24) is 0 Å². The molecule has 0 saturated heterocycles. The van der Waals surface area contributed by atoms with Crippen LogP contribution in [0.3, 0.4) is 0 Å². The molecule has 3 atom stereocenters. The number of hydrogen-bond acceptors (Lipinski definition) is 2. The largest absolute Gasteiger partial charge is 0.391 e. The fourth-order valence-corrected chi connectivity index (χ4v) is 2.85. The van der Waals surface area contributed by atoms with Crippen molar-refractivity contribution in [2.45, 2.75) is 51.7 Å². The first-order chi connectivity index (χ1) is 7.95. The summed E-state index contributed by atoms with van der Waals surface area (Å²) in [5.74, 6) is 0.303. The number of hydrogen-bond donors (Lipinski definition) is 2. The third kappa shape index (κ3) is 4.09. The van der Waals surface area contributed by atoms with Gasteiger partial charge in [0.05, 0.1) is 6.10 Å². The van der Waals surface area contributed by atoms with Crippen molar-refractivity contribution < 1.29 is 5.11 Å². The molecule has 0 aromatic heterocycles. The molecule has 1 rings (SSSR count). The second-order valence-corrected chi connectivity index (χ2v) is 5.66. The van der Waals surface area contributed by atoms with Gasteiger partial charge in [0.15, 0.2) is 0 Å². The summed E-state index contributed by atoms with van der Waals surface area (Å²) >= 11 is 3.58. The van der Waals surface area contributed by atoms with Crippen molar-refractivity contribution in [2.24, 2.45) is 5.73 Å². The summed E-state index contributed by atoms with van der Waals surface area (Å²) in [6.45, 7) is 6.20. The maximum atomic E-state index is 9.95. The van der Waals surface area contributed by atoms with Gasteiger partial charge in [0.1, 0.15) is 0 Å². The molecule has 3 N–H and O–H groups in total. The Morgan fingerprint density at radius 1 is 1.41 bits per heavy atom. The Bertz CT molecular complexity index is 367. The number of aryl methyl sites for hydroxylation is 1. The maximum Gasteiger partial charge on any atom is 0.0696 e. The predicted octanol–water partition coefficient (Wildman–Crippen LogP) is 3.35. The van der Waals surface area contributed by atoms with Crippen LogP contribution in [0.5, 0.6) is 0 Å². The van der Waals surface area contributed by atoms with Gasteiger partial charge in [0.25, 0.3) is 0 Å². The number of rotatable bonds is 5. The second kappa shape index (κ2) is 6.53. The lowest BCUT2D eigenvalue weighted by molar-refractivity contribution is 0.126. The molecular weight excluding hydrogens is 278 g/mol. The Balaban J connectivity index is 2.72. The third-order valence-electron chi connectivity index (χ3n) is 3.25. The first-order valence-corrected chi connectivity index (χ1v) is 6.94. The first-order valence-electron chi connectivity index (χ1n) is 6.15. The standard InChI is InChI=1S/C14H22BrNO/c1-4-13(16)14(17)8-10(3)11-6-5-9(2)7-12(11)15/h5-7,10,13-14,17H,4,8,16H2,1-3H3. The average molecular weight is 300 g/mol. The highest BCUT2D eigenvalue weighted by Gasteiger charge is 2.18. The van der Waals surface area contributed by atoms with Crippen LogP contribution in [-0.4, -0.2) is 17.3 Å². The summed E-state index contributed by atoms with van der Waals surface area (Å²) in [5.41, 5.74) is 8.31. The molecule has 2 nitrogen and oxygen atoms in total. The van der Waals surface area contributed by atoms with Crippen molar-refractivity contribution in [3.8, 4) is 0 Å². The van der Waals surface area contributed by atoms with Crippen LogP contribution in [-0.2, 0) is 0 Å². The van der Waals surface area contributed by atoms with Gasteiger partial charge in [-0.05, 0) is 42.9 Å². The number of aliphatic hydroxyl groups is 1. The lowest BCUT2D eigenvalue weighted by Gasteiger charge is -2.22. The van der Waals surface area contributed by atoms with Crippen molar-refractivity contribution in [2.75, 3.05) is 0 Å². The Hall–Kier alpha value is -0.380. The maximum absolute atomic E-state index is 9.95. The molecule has 0 spiro atoms. The van der Waals surface area contributed by atoms with E-state index in [4.69, 9.17) is 5.73 Å². The normalized spacial score (nSPS) is 16.6. The molecule has 0 radical (unpaired) electrons. The Labute approximate surface area is 112 Å². The van der Waals surface area contributed by atoms with E-state index in [1.807, 2.05) is 6.92 Å². The Morgan fingerprint density at radius 3 is 2.59 bits per heavy atom. The van der Waals surface area contributed by atoms with E-state index in [1.165, 1.54) is 11.1 Å². The van der Waals surface area contributed by atoms with Gasteiger partial charge in [-0.1, -0.05) is 41.9 Å². The summed E-state index contributed by atoms with van der Waals surface area (Å²) in [4.78, 5) is 0. The minimum absolute atomic E-state index is 0.123. The van der Waals surface area contributed by atoms with Gasteiger partial charge in [-0.25, -0.2) is 0 Å². The molecular formula is C14H22BrNO. The first kappa shape index (κ1) is 14.7. The molecule has 1 aromatic rings. The van der Waals surface area contributed by atoms with Gasteiger partial charge < -0.3 is 10.8 Å². The van der Waals surface area contributed by atoms with Crippen LogP contribution >= 0.6 is 15.9 Å². The van der Waals surface area contributed by atoms with E-state index in [0.717, 1.165) is 10.9 Å². The summed E-state index contributed by atoms with van der Waals surface area (Å²) in [6.07, 6.45) is 1.09. The minimum Gasteiger partial charge on any atom is -0.391 e. The number of benzene rings is 1. The van der Waals surface area contributed by atoms with Gasteiger partial charge >= 0.3 is 0 Å². The Morgan fingerprint density at radius 2 is 2.06 bits per heavy atom. The van der Waals surface area contributed by atoms with Crippen LogP contribution in [0.2, 0.25) is 0 Å². The molecule has 17 heavy (non-hydrogen) atoms. The zero-order valence-electron chi connectivity index (χ0n) is 10.8. The molecule has 0 saturated carbocycles. The van der Waals surface area contributed by atoms with Crippen LogP contribution in [0.15, 0.2) is 22.7 Å². The van der Waals surface area contributed by atoms with Crippen LogP contribution in [0.4, 0.5) is 0 Å². The van der Waals surface area contributed by atoms with E-state index in [0.29, 0.717) is 12.3 Å². The fraction of sp³-hybridized carbons (Fsp3) is 0.571. The third-order valence-corrected chi connectivity index (χ3v) is 3.93. The summed E-state index contributed by atoms with van der Waals surface area (Å²) in [7, 11) is 0. The van der Waals surface area contributed by atoms with E-state index >= 15 is 0 Å². The van der Waals surface area contributed by atoms with Gasteiger partial charge in [0, 0.05) is 10.5 Å². The monoisotopic (exact) mass is 299 g/mol. The molecule has 3 unspecified atom stereocenters. The quantitative estimate of drug-likeness (QED) is 0.876. The number of nitrogens with two attached hydrogens (primary N) is 1. The SMILES string of the molecule is CCC(N)C(O)CC(C)c1ccc(C)cc1Br. The molecule has 96 valence electrons. The van der Waals surface area contributed by atoms with Crippen LogP contribution in [0.1, 0.15) is 43.7 Å². The highest BCUT2D eigenvalue weighted by atomic mass is 79.9. The van der Waals surface area contributed by atoms with Crippen molar-refractivity contribution in [1.29, 1.82) is 0 Å². The van der Waals surface area contributed by atoms with Gasteiger partial charge in [0.2, 0.25) is 0 Å². The van der Waals surface area contributed by atoms with Gasteiger partial charge in [-0.3, -0.25) is 0 Å². The van der Waals surface area contributed by atoms with E-state index in [-0.39, 0.29) is 6.04 Å². The lowest BCUT2D eigenvalue weighted by Crippen LogP contribution is -2.34. The summed E-state index contributed by atoms with van der Waals surface area (Å²) in [5, 5.41) is 9.95. The zero-order valence-corrected chi connectivity index (χ0v) is 12.4. The molecule has 3 heteroatoms. The topological polar surface area (TPSA) is 46.2 Å². The van der Waals surface area contributed by atoms with Crippen molar-refractivity contribution >= 4 is 15.9 Å². The summed E-state index contributed by atoms with van der Waals surface area (Å²) in [6, 6.07) is 6.20. The Kier molecular flexibility index (Phi) is 5.63. The van der Waals surface area contributed by atoms with E-state index in [1.54, 1.807) is 0 Å². The average Bonchev–Trinajstić information content (AvgIpc) is 2.27. The van der Waals surface area contributed by atoms with Crippen LogP contribution in [0.25, 0.3) is 0 Å². The molecule has 0 aliphatic rings. The van der Waals surface area contributed by atoms with E-state index in [2.05, 4.69) is 48.0 Å². The molecule has 0 aliphatic heterocycles. The second-order valence-electron chi connectivity index (χ2n) is 4.80. The molecule has 1 aromatic carbocycles.